The number of nitrogens with two attached hydrogens (primary N) is 1. The topological polar surface area (TPSA) is 71.6 Å². The summed E-state index contributed by atoms with van der Waals surface area (Å²) in [5.41, 5.74) is 6.74. The molecule has 0 aromatic carbocycles. The van der Waals surface area contributed by atoms with Crippen LogP contribution in [0.25, 0.3) is 0 Å². The molecule has 3 rings (SSSR count). The number of likely N-dealkylation sites (tertiary alicyclic amines) is 1. The summed E-state index contributed by atoms with van der Waals surface area (Å²) in [4.78, 5) is 6.60. The Bertz CT molecular complexity index is 446. The molecule has 2 aliphatic rings. The van der Waals surface area contributed by atoms with Gasteiger partial charge >= 0.3 is 0 Å². The second-order valence-electron chi connectivity index (χ2n) is 6.27. The fourth-order valence-corrected chi connectivity index (χ4v) is 3.70. The Morgan fingerprint density at radius 1 is 1.43 bits per heavy atom. The lowest BCUT2D eigenvalue weighted by molar-refractivity contribution is -0.210. The minimum Gasteiger partial charge on any atom is -0.392 e. The van der Waals surface area contributed by atoms with E-state index in [2.05, 4.69) is 16.0 Å². The Balaban J connectivity index is 1.54. The molecule has 2 fully saturated rings. The smallest absolute Gasteiger partial charge is 0.0682 e. The molecule has 0 unspecified atom stereocenters. The maximum Gasteiger partial charge on any atom is 0.0682 e. The summed E-state index contributed by atoms with van der Waals surface area (Å²) >= 11 is 0. The van der Waals surface area contributed by atoms with E-state index in [1.807, 2.05) is 12.3 Å². The van der Waals surface area contributed by atoms with E-state index in [1.165, 1.54) is 5.56 Å². The Morgan fingerprint density at radius 2 is 2.24 bits per heavy atom. The number of aliphatic hydroxyl groups is 1. The third-order valence-corrected chi connectivity index (χ3v) is 5.10. The van der Waals surface area contributed by atoms with Gasteiger partial charge in [0, 0.05) is 37.3 Å². The van der Waals surface area contributed by atoms with Crippen molar-refractivity contribution in [3.05, 3.63) is 30.1 Å². The first-order chi connectivity index (χ1) is 10.2. The third-order valence-electron chi connectivity index (χ3n) is 5.10. The van der Waals surface area contributed by atoms with E-state index in [9.17, 15) is 5.11 Å². The number of aromatic nitrogens is 1. The number of ether oxygens (including phenoxy) is 1. The number of hydrogen-bond donors (Lipinski definition) is 2. The highest BCUT2D eigenvalue weighted by molar-refractivity contribution is 5.10. The first kappa shape index (κ1) is 14.9. The molecule has 2 atom stereocenters. The van der Waals surface area contributed by atoms with Crippen molar-refractivity contribution in [1.29, 1.82) is 0 Å². The van der Waals surface area contributed by atoms with Gasteiger partial charge in [-0.1, -0.05) is 6.07 Å². The summed E-state index contributed by atoms with van der Waals surface area (Å²) in [6.07, 6.45) is 6.49. The van der Waals surface area contributed by atoms with Gasteiger partial charge in [-0.25, -0.2) is 0 Å². The molecule has 0 radical (unpaired) electrons. The van der Waals surface area contributed by atoms with Crippen molar-refractivity contribution in [3.63, 3.8) is 0 Å². The molecule has 0 amide bonds. The predicted octanol–water partition coefficient (Wildman–Crippen LogP) is 0.772. The number of pyridine rings is 1. The van der Waals surface area contributed by atoms with Crippen LogP contribution in [0.4, 0.5) is 0 Å². The van der Waals surface area contributed by atoms with Gasteiger partial charge in [0.1, 0.15) is 0 Å². The minimum atomic E-state index is -0.208. The number of hydrogen-bond acceptors (Lipinski definition) is 5. The molecule has 1 aromatic heterocycles. The van der Waals surface area contributed by atoms with E-state index in [0.717, 1.165) is 38.9 Å². The van der Waals surface area contributed by atoms with Gasteiger partial charge in [-0.3, -0.25) is 9.88 Å². The summed E-state index contributed by atoms with van der Waals surface area (Å²) in [6.45, 7) is 4.10. The van der Waals surface area contributed by atoms with E-state index < -0.39 is 0 Å². The van der Waals surface area contributed by atoms with E-state index in [4.69, 9.17) is 10.5 Å². The molecule has 5 heteroatoms. The van der Waals surface area contributed by atoms with Crippen molar-refractivity contribution in [2.24, 2.45) is 11.1 Å². The van der Waals surface area contributed by atoms with Crippen LogP contribution in [0.3, 0.4) is 0 Å². The zero-order chi connectivity index (χ0) is 14.7. The van der Waals surface area contributed by atoms with Gasteiger partial charge in [0.2, 0.25) is 0 Å². The van der Waals surface area contributed by atoms with Gasteiger partial charge in [0.15, 0.2) is 0 Å². The van der Waals surface area contributed by atoms with Crippen LogP contribution < -0.4 is 5.73 Å². The number of aliphatic hydroxyl groups excluding tert-OH is 1. The fraction of sp³-hybridized carbons (Fsp3) is 0.688. The normalized spacial score (nSPS) is 28.5. The van der Waals surface area contributed by atoms with E-state index in [1.54, 1.807) is 6.20 Å². The molecule has 1 aliphatic heterocycles. The van der Waals surface area contributed by atoms with E-state index in [-0.39, 0.29) is 17.6 Å². The standard InChI is InChI=1S/C16H25N3O2/c17-5-9-21-15-10-14(20)16(15)3-7-19(8-4-16)12-13-2-1-6-18-11-13/h1-2,6,11,14-15,20H,3-5,7-10,12,17H2/t14-,15+/m1/s1. The molecule has 1 aromatic rings. The number of rotatable bonds is 5. The molecule has 1 saturated heterocycles. The van der Waals surface area contributed by atoms with Gasteiger partial charge in [0.05, 0.1) is 18.8 Å². The molecular formula is C16H25N3O2. The first-order valence-corrected chi connectivity index (χ1v) is 7.85. The number of piperidine rings is 1. The molecule has 2 heterocycles. The zero-order valence-corrected chi connectivity index (χ0v) is 12.4. The lowest BCUT2D eigenvalue weighted by atomic mass is 9.58. The predicted molar refractivity (Wildman–Crippen MR) is 80.6 cm³/mol. The van der Waals surface area contributed by atoms with Crippen LogP contribution in [-0.2, 0) is 11.3 Å². The fourth-order valence-electron chi connectivity index (χ4n) is 3.70. The monoisotopic (exact) mass is 291 g/mol. The second-order valence-corrected chi connectivity index (χ2v) is 6.27. The molecular weight excluding hydrogens is 266 g/mol. The molecule has 116 valence electrons. The average Bonchev–Trinajstić information content (AvgIpc) is 2.53. The summed E-state index contributed by atoms with van der Waals surface area (Å²) in [5, 5.41) is 10.2. The van der Waals surface area contributed by atoms with Gasteiger partial charge in [0.25, 0.3) is 0 Å². The van der Waals surface area contributed by atoms with Crippen molar-refractivity contribution in [1.82, 2.24) is 9.88 Å². The van der Waals surface area contributed by atoms with Crippen LogP contribution >= 0.6 is 0 Å². The van der Waals surface area contributed by atoms with Gasteiger partial charge in [-0.2, -0.15) is 0 Å². The Hall–Kier alpha value is -1.01. The third kappa shape index (κ3) is 2.97. The maximum absolute atomic E-state index is 10.2. The lowest BCUT2D eigenvalue weighted by Gasteiger charge is -2.56. The second kappa shape index (κ2) is 6.40. The highest BCUT2D eigenvalue weighted by atomic mass is 16.5. The molecule has 21 heavy (non-hydrogen) atoms. The van der Waals surface area contributed by atoms with Crippen LogP contribution in [0.1, 0.15) is 24.8 Å². The number of nitrogens with zero attached hydrogens (tertiary/aromatic N) is 2. The zero-order valence-electron chi connectivity index (χ0n) is 12.4. The van der Waals surface area contributed by atoms with E-state index in [0.29, 0.717) is 13.2 Å². The molecule has 0 bridgehead atoms. The van der Waals surface area contributed by atoms with Crippen LogP contribution in [0.15, 0.2) is 24.5 Å². The molecule has 1 saturated carbocycles. The quantitative estimate of drug-likeness (QED) is 0.838. The van der Waals surface area contributed by atoms with Crippen LogP contribution in [0.5, 0.6) is 0 Å². The minimum absolute atomic E-state index is 0.0272. The summed E-state index contributed by atoms with van der Waals surface area (Å²) < 4.78 is 5.83. The highest BCUT2D eigenvalue weighted by Crippen LogP contribution is 2.51. The summed E-state index contributed by atoms with van der Waals surface area (Å²) in [6, 6.07) is 4.09. The Morgan fingerprint density at radius 3 is 2.86 bits per heavy atom. The van der Waals surface area contributed by atoms with Gasteiger partial charge < -0.3 is 15.6 Å². The van der Waals surface area contributed by atoms with Crippen LogP contribution in [0, 0.1) is 5.41 Å². The van der Waals surface area contributed by atoms with Crippen molar-refractivity contribution in [2.45, 2.75) is 38.0 Å². The Labute approximate surface area is 126 Å². The van der Waals surface area contributed by atoms with Crippen molar-refractivity contribution < 1.29 is 9.84 Å². The Kier molecular flexibility index (Phi) is 4.54. The summed E-state index contributed by atoms with van der Waals surface area (Å²) in [5.74, 6) is 0. The van der Waals surface area contributed by atoms with Gasteiger partial charge in [-0.15, -0.1) is 0 Å². The van der Waals surface area contributed by atoms with Crippen LogP contribution in [-0.4, -0.2) is 53.4 Å². The maximum atomic E-state index is 10.2. The largest absolute Gasteiger partial charge is 0.392 e. The van der Waals surface area contributed by atoms with Gasteiger partial charge in [-0.05, 0) is 37.6 Å². The highest BCUT2D eigenvalue weighted by Gasteiger charge is 2.55. The van der Waals surface area contributed by atoms with Crippen molar-refractivity contribution in [3.8, 4) is 0 Å². The van der Waals surface area contributed by atoms with Crippen molar-refractivity contribution >= 4 is 0 Å². The first-order valence-electron chi connectivity index (χ1n) is 7.85. The molecule has 1 aliphatic carbocycles. The summed E-state index contributed by atoms with van der Waals surface area (Å²) in [7, 11) is 0. The molecule has 5 nitrogen and oxygen atoms in total. The van der Waals surface area contributed by atoms with Crippen LogP contribution in [0.2, 0.25) is 0 Å². The average molecular weight is 291 g/mol. The molecule has 1 spiro atoms. The van der Waals surface area contributed by atoms with Crippen molar-refractivity contribution in [2.75, 3.05) is 26.2 Å². The molecule has 3 N–H and O–H groups in total. The van der Waals surface area contributed by atoms with E-state index >= 15 is 0 Å². The lowest BCUT2D eigenvalue weighted by Crippen LogP contribution is -2.62. The SMILES string of the molecule is NCCO[C@H]1C[C@@H](O)C12CCN(Cc1cccnc1)CC2.